The Morgan fingerprint density at radius 2 is 2.18 bits per heavy atom. The number of phenols is 1. The van der Waals surface area contributed by atoms with Crippen LogP contribution in [0.1, 0.15) is 0 Å². The molecule has 0 saturated heterocycles. The summed E-state index contributed by atoms with van der Waals surface area (Å²) in [6, 6.07) is 6.10. The van der Waals surface area contributed by atoms with Crippen LogP contribution in [0.2, 0.25) is 0 Å². The average molecular weight is 318 g/mol. The van der Waals surface area contributed by atoms with Crippen molar-refractivity contribution in [1.82, 2.24) is 0 Å². The van der Waals surface area contributed by atoms with E-state index in [2.05, 4.69) is 20.9 Å². The molecule has 2 rings (SSSR count). The molecule has 17 heavy (non-hydrogen) atoms. The minimum atomic E-state index is -3.46. The Hall–Kier alpha value is -1.34. The molecule has 1 aromatic carbocycles. The Bertz CT molecular complexity index is 606. The highest BCUT2D eigenvalue weighted by Gasteiger charge is 2.24. The monoisotopic (exact) mass is 317 g/mol. The zero-order valence-electron chi connectivity index (χ0n) is 8.50. The molecular weight excluding hydrogens is 310 g/mol. The maximum atomic E-state index is 11.5. The van der Waals surface area contributed by atoms with Crippen LogP contribution in [0.3, 0.4) is 0 Å². The van der Waals surface area contributed by atoms with Gasteiger partial charge in [0.05, 0.1) is 5.41 Å². The Morgan fingerprint density at radius 3 is 2.76 bits per heavy atom. The number of benzene rings is 1. The molecule has 0 amide bonds. The molecule has 1 aromatic rings. The molecule has 90 valence electrons. The standard InChI is InChI=1S/C10H8BrNO4S/c11-9-6-17(14,15)10(12-9)5-16-8-3-1-2-7(13)4-8/h1-4,6,13H,5H2. The summed E-state index contributed by atoms with van der Waals surface area (Å²) in [5, 5.41) is 10.2. The molecule has 1 heterocycles. The van der Waals surface area contributed by atoms with Crippen LogP contribution in [-0.4, -0.2) is 25.2 Å². The number of phenolic OH excluding ortho intramolecular Hbond substituents is 1. The Labute approximate surface area is 106 Å². The van der Waals surface area contributed by atoms with Crippen LogP contribution in [0.15, 0.2) is 39.3 Å². The van der Waals surface area contributed by atoms with Gasteiger partial charge in [-0.25, -0.2) is 13.4 Å². The first-order chi connectivity index (χ1) is 7.97. The van der Waals surface area contributed by atoms with E-state index in [0.29, 0.717) is 5.75 Å². The first-order valence-corrected chi connectivity index (χ1v) is 6.93. The molecule has 0 bridgehead atoms. The van der Waals surface area contributed by atoms with Crippen molar-refractivity contribution in [3.8, 4) is 11.5 Å². The number of sulfone groups is 1. The van der Waals surface area contributed by atoms with Crippen LogP contribution in [-0.2, 0) is 9.84 Å². The topological polar surface area (TPSA) is 76.0 Å². The van der Waals surface area contributed by atoms with Gasteiger partial charge in [-0.2, -0.15) is 0 Å². The number of hydrogen-bond donors (Lipinski definition) is 1. The van der Waals surface area contributed by atoms with Crippen LogP contribution >= 0.6 is 15.9 Å². The van der Waals surface area contributed by atoms with E-state index in [1.54, 1.807) is 12.1 Å². The van der Waals surface area contributed by atoms with Gasteiger partial charge < -0.3 is 9.84 Å². The molecule has 0 spiro atoms. The molecule has 1 N–H and O–H groups in total. The van der Waals surface area contributed by atoms with Gasteiger partial charge >= 0.3 is 0 Å². The number of hydrogen-bond acceptors (Lipinski definition) is 5. The van der Waals surface area contributed by atoms with Crippen molar-refractivity contribution in [2.45, 2.75) is 0 Å². The Morgan fingerprint density at radius 1 is 1.41 bits per heavy atom. The first-order valence-electron chi connectivity index (χ1n) is 4.59. The van der Waals surface area contributed by atoms with Crippen molar-refractivity contribution >= 4 is 30.8 Å². The van der Waals surface area contributed by atoms with Gasteiger partial charge in [0.25, 0.3) is 0 Å². The van der Waals surface area contributed by atoms with E-state index < -0.39 is 9.84 Å². The summed E-state index contributed by atoms with van der Waals surface area (Å²) < 4.78 is 28.5. The van der Waals surface area contributed by atoms with Crippen LogP contribution in [0.5, 0.6) is 11.5 Å². The van der Waals surface area contributed by atoms with Crippen molar-refractivity contribution in [3.63, 3.8) is 0 Å². The zero-order valence-corrected chi connectivity index (χ0v) is 10.9. The summed E-state index contributed by atoms with van der Waals surface area (Å²) >= 11 is 2.99. The maximum absolute atomic E-state index is 11.5. The molecule has 0 unspecified atom stereocenters. The minimum absolute atomic E-state index is 0.0537. The van der Waals surface area contributed by atoms with E-state index in [4.69, 9.17) is 4.74 Å². The van der Waals surface area contributed by atoms with Crippen LogP contribution in [0.25, 0.3) is 0 Å². The normalized spacial score (nSPS) is 17.5. The van der Waals surface area contributed by atoms with Gasteiger partial charge in [-0.15, -0.1) is 0 Å². The van der Waals surface area contributed by atoms with Gasteiger partial charge in [-0.1, -0.05) is 6.07 Å². The molecule has 0 aromatic heterocycles. The lowest BCUT2D eigenvalue weighted by Gasteiger charge is -2.05. The Kier molecular flexibility index (Phi) is 3.21. The Balaban J connectivity index is 2.08. The second kappa shape index (κ2) is 4.50. The third-order valence-corrected chi connectivity index (χ3v) is 4.10. The third-order valence-electron chi connectivity index (χ3n) is 1.99. The van der Waals surface area contributed by atoms with Crippen molar-refractivity contribution in [2.75, 3.05) is 6.61 Å². The minimum Gasteiger partial charge on any atom is -0.508 e. The van der Waals surface area contributed by atoms with Gasteiger partial charge in [0.15, 0.2) is 5.04 Å². The highest BCUT2D eigenvalue weighted by Crippen LogP contribution is 2.21. The fraction of sp³-hybridized carbons (Fsp3) is 0.100. The quantitative estimate of drug-likeness (QED) is 0.862. The van der Waals surface area contributed by atoms with Crippen molar-refractivity contribution < 1.29 is 18.3 Å². The summed E-state index contributed by atoms with van der Waals surface area (Å²) in [5.74, 6) is 0.434. The van der Waals surface area contributed by atoms with Gasteiger partial charge in [0, 0.05) is 6.07 Å². The number of rotatable bonds is 3. The number of aliphatic imine (C=N–C) groups is 1. The van der Waals surface area contributed by atoms with E-state index in [-0.39, 0.29) is 22.0 Å². The first kappa shape index (κ1) is 12.1. The predicted octanol–water partition coefficient (Wildman–Crippen LogP) is 1.79. The molecule has 0 radical (unpaired) electrons. The van der Waals surface area contributed by atoms with E-state index >= 15 is 0 Å². The predicted molar refractivity (Wildman–Crippen MR) is 67.0 cm³/mol. The third kappa shape index (κ3) is 2.86. The van der Waals surface area contributed by atoms with E-state index in [0.717, 1.165) is 5.41 Å². The van der Waals surface area contributed by atoms with E-state index in [1.165, 1.54) is 12.1 Å². The number of nitrogens with zero attached hydrogens (tertiary/aromatic N) is 1. The fourth-order valence-electron chi connectivity index (χ4n) is 1.24. The second-order valence-electron chi connectivity index (χ2n) is 3.28. The summed E-state index contributed by atoms with van der Waals surface area (Å²) in [7, 11) is -3.46. The van der Waals surface area contributed by atoms with Crippen molar-refractivity contribution in [3.05, 3.63) is 34.3 Å². The SMILES string of the molecule is O=S1(=O)C=C(Br)N=C1COc1cccc(O)c1. The highest BCUT2D eigenvalue weighted by molar-refractivity contribution is 9.11. The fourth-order valence-corrected chi connectivity index (χ4v) is 3.20. The molecular formula is C10H8BrNO4S. The zero-order chi connectivity index (χ0) is 12.5. The summed E-state index contributed by atoms with van der Waals surface area (Å²) in [5.41, 5.74) is 0. The molecule has 0 fully saturated rings. The summed E-state index contributed by atoms with van der Waals surface area (Å²) in [6.07, 6.45) is 0. The second-order valence-corrected chi connectivity index (χ2v) is 5.89. The van der Waals surface area contributed by atoms with Gasteiger partial charge in [-0.05, 0) is 28.1 Å². The van der Waals surface area contributed by atoms with E-state index in [1.807, 2.05) is 0 Å². The van der Waals surface area contributed by atoms with Crippen molar-refractivity contribution in [1.29, 1.82) is 0 Å². The highest BCUT2D eigenvalue weighted by atomic mass is 79.9. The number of ether oxygens (including phenoxy) is 1. The lowest BCUT2D eigenvalue weighted by atomic mass is 10.3. The van der Waals surface area contributed by atoms with Crippen LogP contribution in [0.4, 0.5) is 0 Å². The van der Waals surface area contributed by atoms with Gasteiger partial charge in [0.1, 0.15) is 22.7 Å². The van der Waals surface area contributed by atoms with Crippen LogP contribution in [0, 0.1) is 0 Å². The molecule has 5 nitrogen and oxygen atoms in total. The smallest absolute Gasteiger partial charge is 0.219 e. The van der Waals surface area contributed by atoms with Crippen molar-refractivity contribution in [2.24, 2.45) is 4.99 Å². The molecule has 1 aliphatic rings. The molecule has 0 saturated carbocycles. The lowest BCUT2D eigenvalue weighted by molar-refractivity contribution is 0.374. The van der Waals surface area contributed by atoms with Gasteiger partial charge in [0.2, 0.25) is 9.84 Å². The summed E-state index contributed by atoms with van der Waals surface area (Å²) in [4.78, 5) is 3.80. The van der Waals surface area contributed by atoms with Crippen LogP contribution < -0.4 is 4.74 Å². The largest absolute Gasteiger partial charge is 0.508 e. The molecule has 7 heteroatoms. The summed E-state index contributed by atoms with van der Waals surface area (Å²) in [6.45, 7) is -0.169. The lowest BCUT2D eigenvalue weighted by Crippen LogP contribution is -2.17. The maximum Gasteiger partial charge on any atom is 0.219 e. The molecule has 0 aliphatic carbocycles. The molecule has 0 atom stereocenters. The molecule has 1 aliphatic heterocycles. The van der Waals surface area contributed by atoms with Gasteiger partial charge in [-0.3, -0.25) is 0 Å². The average Bonchev–Trinajstić information content (AvgIpc) is 2.48. The number of halogens is 1. The van der Waals surface area contributed by atoms with E-state index in [9.17, 15) is 13.5 Å². The number of aromatic hydroxyl groups is 1.